The van der Waals surface area contributed by atoms with Crippen LogP contribution >= 0.6 is 11.6 Å². The Morgan fingerprint density at radius 2 is 1.35 bits per heavy atom. The molecular weight excluding hydrogens is 249 g/mol. The Labute approximate surface area is 102 Å². The Kier molecular flexibility index (Phi) is 3.38. The second-order valence-corrected chi connectivity index (χ2v) is 4.02. The molecule has 0 aliphatic rings. The van der Waals surface area contributed by atoms with E-state index in [1.807, 2.05) is 0 Å². The molecule has 2 rings (SSSR count). The third kappa shape index (κ3) is 2.61. The van der Waals surface area contributed by atoms with E-state index in [-0.39, 0.29) is 5.82 Å². The lowest BCUT2D eigenvalue weighted by Gasteiger charge is -2.10. The highest BCUT2D eigenvalue weighted by Crippen LogP contribution is 2.29. The SMILES string of the molecule is Fc1ccc(C(Cl)c2ccc(F)c(F)c2)cc1. The van der Waals surface area contributed by atoms with Crippen LogP contribution in [0.25, 0.3) is 0 Å². The first-order chi connectivity index (χ1) is 8.08. The number of halogens is 4. The first-order valence-electron chi connectivity index (χ1n) is 4.92. The average molecular weight is 257 g/mol. The minimum Gasteiger partial charge on any atom is -0.207 e. The van der Waals surface area contributed by atoms with Gasteiger partial charge in [-0.3, -0.25) is 0 Å². The van der Waals surface area contributed by atoms with Crippen molar-refractivity contribution in [2.24, 2.45) is 0 Å². The summed E-state index contributed by atoms with van der Waals surface area (Å²) in [6, 6.07) is 9.01. The molecule has 0 spiro atoms. The van der Waals surface area contributed by atoms with Gasteiger partial charge in [0.25, 0.3) is 0 Å². The highest BCUT2D eigenvalue weighted by Gasteiger charge is 2.13. The smallest absolute Gasteiger partial charge is 0.159 e. The maximum atomic E-state index is 13.0. The van der Waals surface area contributed by atoms with Gasteiger partial charge in [0.15, 0.2) is 11.6 Å². The summed E-state index contributed by atoms with van der Waals surface area (Å²) in [5.41, 5.74) is 1.05. The molecule has 0 radical (unpaired) electrons. The summed E-state index contributed by atoms with van der Waals surface area (Å²) in [5.74, 6) is -2.24. The van der Waals surface area contributed by atoms with Crippen LogP contribution in [0.4, 0.5) is 13.2 Å². The molecule has 17 heavy (non-hydrogen) atoms. The van der Waals surface area contributed by atoms with E-state index in [1.165, 1.54) is 30.3 Å². The largest absolute Gasteiger partial charge is 0.207 e. The molecule has 2 aromatic carbocycles. The predicted molar refractivity (Wildman–Crippen MR) is 60.5 cm³/mol. The zero-order valence-corrected chi connectivity index (χ0v) is 9.39. The topological polar surface area (TPSA) is 0 Å². The third-order valence-electron chi connectivity index (χ3n) is 2.40. The van der Waals surface area contributed by atoms with Crippen molar-refractivity contribution in [1.29, 1.82) is 0 Å². The molecule has 0 aromatic heterocycles. The van der Waals surface area contributed by atoms with Crippen molar-refractivity contribution >= 4 is 11.6 Å². The van der Waals surface area contributed by atoms with Crippen molar-refractivity contribution in [2.75, 3.05) is 0 Å². The molecule has 1 atom stereocenters. The van der Waals surface area contributed by atoms with Crippen molar-refractivity contribution in [3.8, 4) is 0 Å². The van der Waals surface area contributed by atoms with Crippen LogP contribution in [0.2, 0.25) is 0 Å². The van der Waals surface area contributed by atoms with Gasteiger partial charge in [-0.2, -0.15) is 0 Å². The molecule has 0 N–H and O–H groups in total. The van der Waals surface area contributed by atoms with Crippen molar-refractivity contribution in [1.82, 2.24) is 0 Å². The Balaban J connectivity index is 2.33. The third-order valence-corrected chi connectivity index (χ3v) is 2.90. The standard InChI is InChI=1S/C13H8ClF3/c14-13(8-1-4-10(15)5-2-8)9-3-6-11(16)12(17)7-9/h1-7,13H. The van der Waals surface area contributed by atoms with Gasteiger partial charge in [-0.15, -0.1) is 11.6 Å². The maximum absolute atomic E-state index is 13.0. The van der Waals surface area contributed by atoms with E-state index < -0.39 is 17.0 Å². The minimum absolute atomic E-state index is 0.372. The van der Waals surface area contributed by atoms with Crippen LogP contribution in [0.1, 0.15) is 16.5 Å². The molecule has 4 heteroatoms. The fourth-order valence-electron chi connectivity index (χ4n) is 1.49. The van der Waals surface area contributed by atoms with Crippen molar-refractivity contribution < 1.29 is 13.2 Å². The van der Waals surface area contributed by atoms with Crippen LogP contribution < -0.4 is 0 Å². The molecule has 1 unspecified atom stereocenters. The summed E-state index contributed by atoms with van der Waals surface area (Å²) in [5, 5.41) is -0.634. The van der Waals surface area contributed by atoms with Gasteiger partial charge >= 0.3 is 0 Å². The van der Waals surface area contributed by atoms with Gasteiger partial charge in [0.05, 0.1) is 5.38 Å². The lowest BCUT2D eigenvalue weighted by molar-refractivity contribution is 0.507. The normalized spacial score (nSPS) is 12.5. The van der Waals surface area contributed by atoms with Gasteiger partial charge < -0.3 is 0 Å². The van der Waals surface area contributed by atoms with E-state index in [9.17, 15) is 13.2 Å². The zero-order chi connectivity index (χ0) is 12.4. The monoisotopic (exact) mass is 256 g/mol. The second-order valence-electron chi connectivity index (χ2n) is 3.59. The number of alkyl halides is 1. The Morgan fingerprint density at radius 1 is 0.765 bits per heavy atom. The fraction of sp³-hybridized carbons (Fsp3) is 0.0769. The van der Waals surface area contributed by atoms with E-state index in [4.69, 9.17) is 11.6 Å². The van der Waals surface area contributed by atoms with Gasteiger partial charge in [0, 0.05) is 0 Å². The van der Waals surface area contributed by atoms with Crippen LogP contribution in [0.15, 0.2) is 42.5 Å². The van der Waals surface area contributed by atoms with Crippen LogP contribution in [0, 0.1) is 17.5 Å². The number of benzene rings is 2. The van der Waals surface area contributed by atoms with Gasteiger partial charge in [-0.1, -0.05) is 18.2 Å². The Bertz CT molecular complexity index is 523. The van der Waals surface area contributed by atoms with E-state index in [2.05, 4.69) is 0 Å². The van der Waals surface area contributed by atoms with Crippen molar-refractivity contribution in [3.05, 3.63) is 71.0 Å². The van der Waals surface area contributed by atoms with Gasteiger partial charge in [0.2, 0.25) is 0 Å². The molecule has 2 aromatic rings. The summed E-state index contributed by atoms with van der Waals surface area (Å²) in [6.07, 6.45) is 0. The van der Waals surface area contributed by atoms with Crippen LogP contribution in [0.3, 0.4) is 0 Å². The lowest BCUT2D eigenvalue weighted by Crippen LogP contribution is -1.95. The first kappa shape index (κ1) is 12.0. The van der Waals surface area contributed by atoms with Crippen LogP contribution in [0.5, 0.6) is 0 Å². The fourth-order valence-corrected chi connectivity index (χ4v) is 1.78. The van der Waals surface area contributed by atoms with Crippen molar-refractivity contribution in [3.63, 3.8) is 0 Å². The molecule has 0 aliphatic heterocycles. The highest BCUT2D eigenvalue weighted by atomic mass is 35.5. The van der Waals surface area contributed by atoms with E-state index in [0.29, 0.717) is 11.1 Å². The molecule has 0 heterocycles. The molecule has 0 bridgehead atoms. The van der Waals surface area contributed by atoms with Gasteiger partial charge in [-0.25, -0.2) is 13.2 Å². The highest BCUT2D eigenvalue weighted by molar-refractivity contribution is 6.22. The summed E-state index contributed by atoms with van der Waals surface area (Å²) in [7, 11) is 0. The number of rotatable bonds is 2. The summed E-state index contributed by atoms with van der Waals surface area (Å²) in [4.78, 5) is 0. The lowest BCUT2D eigenvalue weighted by atomic mass is 10.0. The maximum Gasteiger partial charge on any atom is 0.159 e. The van der Waals surface area contributed by atoms with Crippen LogP contribution in [-0.4, -0.2) is 0 Å². The average Bonchev–Trinajstić information content (AvgIpc) is 2.33. The van der Waals surface area contributed by atoms with Gasteiger partial charge in [0.1, 0.15) is 5.82 Å². The predicted octanol–water partition coefficient (Wildman–Crippen LogP) is 4.43. The molecule has 0 saturated carbocycles. The molecule has 0 fully saturated rings. The molecule has 0 aliphatic carbocycles. The van der Waals surface area contributed by atoms with Crippen molar-refractivity contribution in [2.45, 2.75) is 5.38 Å². The minimum atomic E-state index is -0.949. The molecule has 88 valence electrons. The first-order valence-corrected chi connectivity index (χ1v) is 5.36. The summed E-state index contributed by atoms with van der Waals surface area (Å²) < 4.78 is 38.5. The second kappa shape index (κ2) is 4.80. The van der Waals surface area contributed by atoms with Gasteiger partial charge in [-0.05, 0) is 35.4 Å². The molecule has 0 saturated heterocycles. The number of hydrogen-bond donors (Lipinski definition) is 0. The van der Waals surface area contributed by atoms with E-state index in [1.54, 1.807) is 0 Å². The number of hydrogen-bond acceptors (Lipinski definition) is 0. The Hall–Kier alpha value is -1.48. The zero-order valence-electron chi connectivity index (χ0n) is 8.63. The van der Waals surface area contributed by atoms with E-state index >= 15 is 0 Å². The van der Waals surface area contributed by atoms with E-state index in [0.717, 1.165) is 12.1 Å². The summed E-state index contributed by atoms with van der Waals surface area (Å²) in [6.45, 7) is 0. The molecule has 0 amide bonds. The van der Waals surface area contributed by atoms with Crippen LogP contribution in [-0.2, 0) is 0 Å². The summed E-state index contributed by atoms with van der Waals surface area (Å²) >= 11 is 6.10. The molecular formula is C13H8ClF3. The molecule has 0 nitrogen and oxygen atoms in total. The quantitative estimate of drug-likeness (QED) is 0.697. The Morgan fingerprint density at radius 3 is 1.94 bits per heavy atom.